The van der Waals surface area contributed by atoms with E-state index in [4.69, 9.17) is 5.11 Å². The van der Waals surface area contributed by atoms with Crippen molar-refractivity contribution in [2.45, 2.75) is 45.1 Å². The average Bonchev–Trinajstić information content (AvgIpc) is 2.94. The van der Waals surface area contributed by atoms with Crippen LogP contribution in [0.15, 0.2) is 6.07 Å². The van der Waals surface area contributed by atoms with Crippen molar-refractivity contribution >= 4 is 23.2 Å². The molecule has 0 aromatic carbocycles. The smallest absolute Gasteiger partial charge is 0.261 e. The van der Waals surface area contributed by atoms with Gasteiger partial charge in [-0.15, -0.1) is 11.3 Å². The van der Waals surface area contributed by atoms with Gasteiger partial charge in [-0.25, -0.2) is 0 Å². The molecule has 3 N–H and O–H groups in total. The number of hydrogen-bond acceptors (Lipinski definition) is 4. The number of aliphatic hydroxyl groups excluding tert-OH is 1. The van der Waals surface area contributed by atoms with Crippen LogP contribution in [0.3, 0.4) is 0 Å². The van der Waals surface area contributed by atoms with Crippen molar-refractivity contribution in [3.8, 4) is 0 Å². The van der Waals surface area contributed by atoms with E-state index in [1.165, 1.54) is 34.6 Å². The van der Waals surface area contributed by atoms with Gasteiger partial charge in [0.15, 0.2) is 0 Å². The highest BCUT2D eigenvalue weighted by Gasteiger charge is 2.18. The third-order valence-electron chi connectivity index (χ3n) is 3.71. The van der Waals surface area contributed by atoms with Crippen LogP contribution in [0.25, 0.3) is 0 Å². The molecule has 0 fully saturated rings. The van der Waals surface area contributed by atoms with E-state index in [1.54, 1.807) is 0 Å². The summed E-state index contributed by atoms with van der Waals surface area (Å²) in [6.45, 7) is 1.74. The Hall–Kier alpha value is -1.40. The van der Waals surface area contributed by atoms with Crippen molar-refractivity contribution < 1.29 is 14.7 Å². The Kier molecular flexibility index (Phi) is 5.76. The zero-order valence-electron chi connectivity index (χ0n) is 12.3. The molecule has 6 heteroatoms. The Balaban J connectivity index is 1.84. The number of carbonyl (C=O) groups excluding carboxylic acids is 2. The van der Waals surface area contributed by atoms with Gasteiger partial charge in [-0.3, -0.25) is 9.59 Å². The van der Waals surface area contributed by atoms with Crippen molar-refractivity contribution in [2.24, 2.45) is 0 Å². The molecule has 0 spiro atoms. The third kappa shape index (κ3) is 4.28. The second-order valence-corrected chi connectivity index (χ2v) is 6.44. The maximum atomic E-state index is 12.1. The van der Waals surface area contributed by atoms with Crippen LogP contribution in [0.1, 0.15) is 46.3 Å². The van der Waals surface area contributed by atoms with Gasteiger partial charge in [0, 0.05) is 4.88 Å². The van der Waals surface area contributed by atoms with Gasteiger partial charge in [-0.1, -0.05) is 6.92 Å². The Bertz CT molecular complexity index is 486. The minimum atomic E-state index is -0.273. The molecule has 2 amide bonds. The molecule has 1 aliphatic carbocycles. The molecule has 1 aliphatic rings. The number of fused-ring (bicyclic) bond motifs is 1. The van der Waals surface area contributed by atoms with E-state index in [0.717, 1.165) is 12.8 Å². The summed E-state index contributed by atoms with van der Waals surface area (Å²) in [5, 5.41) is 14.3. The van der Waals surface area contributed by atoms with Crippen LogP contribution >= 0.6 is 11.3 Å². The van der Waals surface area contributed by atoms with E-state index >= 15 is 0 Å². The van der Waals surface area contributed by atoms with Gasteiger partial charge in [0.25, 0.3) is 5.91 Å². The molecule has 1 aromatic rings. The highest BCUT2D eigenvalue weighted by atomic mass is 32.1. The third-order valence-corrected chi connectivity index (χ3v) is 4.94. The minimum absolute atomic E-state index is 0.0576. The lowest BCUT2D eigenvalue weighted by molar-refractivity contribution is -0.121. The molecule has 0 saturated heterocycles. The molecule has 1 heterocycles. The van der Waals surface area contributed by atoms with Crippen LogP contribution in [0.4, 0.5) is 0 Å². The Morgan fingerprint density at radius 3 is 2.81 bits per heavy atom. The molecule has 0 radical (unpaired) electrons. The van der Waals surface area contributed by atoms with Crippen molar-refractivity contribution in [1.29, 1.82) is 0 Å². The second-order valence-electron chi connectivity index (χ2n) is 5.30. The van der Waals surface area contributed by atoms with Gasteiger partial charge >= 0.3 is 0 Å². The quantitative estimate of drug-likeness (QED) is 0.740. The Labute approximate surface area is 128 Å². The van der Waals surface area contributed by atoms with E-state index in [9.17, 15) is 9.59 Å². The summed E-state index contributed by atoms with van der Waals surface area (Å²) in [6, 6.07) is 1.71. The molecule has 1 unspecified atom stereocenters. The number of amides is 2. The fraction of sp³-hybridized carbons (Fsp3) is 0.600. The second kappa shape index (κ2) is 7.56. The first-order valence-corrected chi connectivity index (χ1v) is 8.25. The van der Waals surface area contributed by atoms with Crippen LogP contribution in [0, 0.1) is 0 Å². The number of thiophene rings is 1. The number of rotatable bonds is 6. The van der Waals surface area contributed by atoms with E-state index in [2.05, 4.69) is 10.6 Å². The standard InChI is InChI=1S/C15H22N2O3S/c1-2-11(9-18)17-14(19)8-16-15(20)13-7-10-5-3-4-6-12(10)21-13/h7,11,18H,2-6,8-9H2,1H3,(H,16,20)(H,17,19). The number of nitrogens with one attached hydrogen (secondary N) is 2. The summed E-state index contributed by atoms with van der Waals surface area (Å²) in [5.41, 5.74) is 1.28. The molecule has 0 aliphatic heterocycles. The van der Waals surface area contributed by atoms with Gasteiger partial charge in [0.2, 0.25) is 5.91 Å². The largest absolute Gasteiger partial charge is 0.394 e. The van der Waals surface area contributed by atoms with E-state index in [0.29, 0.717) is 11.3 Å². The SMILES string of the molecule is CCC(CO)NC(=O)CNC(=O)c1cc2c(s1)CCCC2. The van der Waals surface area contributed by atoms with Crippen LogP contribution in [-0.2, 0) is 17.6 Å². The van der Waals surface area contributed by atoms with Crippen LogP contribution < -0.4 is 10.6 Å². The average molecular weight is 310 g/mol. The summed E-state index contributed by atoms with van der Waals surface area (Å²) in [7, 11) is 0. The van der Waals surface area contributed by atoms with Gasteiger partial charge in [-0.2, -0.15) is 0 Å². The lowest BCUT2D eigenvalue weighted by Gasteiger charge is -2.13. The molecule has 0 bridgehead atoms. The lowest BCUT2D eigenvalue weighted by atomic mass is 9.99. The predicted molar refractivity (Wildman–Crippen MR) is 82.6 cm³/mol. The summed E-state index contributed by atoms with van der Waals surface area (Å²) < 4.78 is 0. The zero-order valence-corrected chi connectivity index (χ0v) is 13.1. The van der Waals surface area contributed by atoms with Crippen molar-refractivity contribution in [1.82, 2.24) is 10.6 Å². The lowest BCUT2D eigenvalue weighted by Crippen LogP contribution is -2.43. The minimum Gasteiger partial charge on any atom is -0.394 e. The molecular formula is C15H22N2O3S. The van der Waals surface area contributed by atoms with Crippen molar-refractivity contribution in [2.75, 3.05) is 13.2 Å². The molecule has 116 valence electrons. The number of aryl methyl sites for hydroxylation is 2. The molecule has 2 rings (SSSR count). The fourth-order valence-corrected chi connectivity index (χ4v) is 3.58. The first-order chi connectivity index (χ1) is 10.1. The molecule has 0 saturated carbocycles. The van der Waals surface area contributed by atoms with Gasteiger partial charge < -0.3 is 15.7 Å². The maximum Gasteiger partial charge on any atom is 0.261 e. The van der Waals surface area contributed by atoms with Gasteiger partial charge in [-0.05, 0) is 43.7 Å². The highest BCUT2D eigenvalue weighted by molar-refractivity contribution is 7.14. The summed E-state index contributed by atoms with van der Waals surface area (Å²) in [5.74, 6) is -0.466. The Morgan fingerprint density at radius 2 is 2.14 bits per heavy atom. The van der Waals surface area contributed by atoms with Gasteiger partial charge in [0.1, 0.15) is 0 Å². The van der Waals surface area contributed by atoms with E-state index in [1.807, 2.05) is 13.0 Å². The number of hydrogen-bond donors (Lipinski definition) is 3. The maximum absolute atomic E-state index is 12.1. The van der Waals surface area contributed by atoms with E-state index in [-0.39, 0.29) is 31.0 Å². The first-order valence-electron chi connectivity index (χ1n) is 7.44. The van der Waals surface area contributed by atoms with Crippen LogP contribution in [-0.4, -0.2) is 36.1 Å². The van der Waals surface area contributed by atoms with Crippen LogP contribution in [0.2, 0.25) is 0 Å². The summed E-state index contributed by atoms with van der Waals surface area (Å²) in [6.07, 6.45) is 5.15. The normalized spacial score (nSPS) is 15.1. The topological polar surface area (TPSA) is 78.4 Å². The monoisotopic (exact) mass is 310 g/mol. The number of carbonyl (C=O) groups is 2. The molecular weight excluding hydrogens is 288 g/mol. The summed E-state index contributed by atoms with van der Waals surface area (Å²) >= 11 is 1.53. The Morgan fingerprint density at radius 1 is 1.38 bits per heavy atom. The van der Waals surface area contributed by atoms with E-state index < -0.39 is 0 Å². The zero-order chi connectivity index (χ0) is 15.2. The molecule has 21 heavy (non-hydrogen) atoms. The molecule has 5 nitrogen and oxygen atoms in total. The van der Waals surface area contributed by atoms with Gasteiger partial charge in [0.05, 0.1) is 24.1 Å². The molecule has 1 aromatic heterocycles. The first kappa shape index (κ1) is 16.0. The molecule has 1 atom stereocenters. The van der Waals surface area contributed by atoms with Crippen molar-refractivity contribution in [3.05, 3.63) is 21.4 Å². The number of aliphatic hydroxyl groups is 1. The van der Waals surface area contributed by atoms with Crippen molar-refractivity contribution in [3.63, 3.8) is 0 Å². The van der Waals surface area contributed by atoms with Crippen LogP contribution in [0.5, 0.6) is 0 Å². The summed E-state index contributed by atoms with van der Waals surface area (Å²) in [4.78, 5) is 25.7. The predicted octanol–water partition coefficient (Wildman–Crippen LogP) is 1.24. The highest BCUT2D eigenvalue weighted by Crippen LogP contribution is 2.29. The fourth-order valence-electron chi connectivity index (χ4n) is 2.41.